The first-order valence-corrected chi connectivity index (χ1v) is 8.03. The van der Waals surface area contributed by atoms with Crippen molar-refractivity contribution >= 4 is 5.91 Å². The fourth-order valence-corrected chi connectivity index (χ4v) is 3.00. The predicted octanol–water partition coefficient (Wildman–Crippen LogP) is -4.47. The first-order valence-electron chi connectivity index (χ1n) is 8.03. The second-order valence-corrected chi connectivity index (χ2v) is 6.32. The highest BCUT2D eigenvalue weighted by molar-refractivity contribution is 5.73. The largest absolute Gasteiger partial charge is 0.394 e. The molecule has 1 radical (unpaired) electrons. The molecule has 2 aliphatic heterocycles. The molecular formula is C14H24NO11. The summed E-state index contributed by atoms with van der Waals surface area (Å²) < 4.78 is 15.4. The van der Waals surface area contributed by atoms with Crippen LogP contribution in [0, 0.1) is 0 Å². The monoisotopic (exact) mass is 382 g/mol. The van der Waals surface area contributed by atoms with Gasteiger partial charge in [-0.3, -0.25) is 4.79 Å². The Labute approximate surface area is 148 Å². The van der Waals surface area contributed by atoms with Gasteiger partial charge in [-0.25, -0.2) is 0 Å². The third-order valence-electron chi connectivity index (χ3n) is 4.35. The first-order chi connectivity index (χ1) is 12.1. The molecule has 0 bridgehead atoms. The minimum absolute atomic E-state index is 0.300. The van der Waals surface area contributed by atoms with Crippen molar-refractivity contribution in [2.75, 3.05) is 13.2 Å². The Morgan fingerprint density at radius 2 is 1.73 bits per heavy atom. The molecule has 151 valence electrons. The van der Waals surface area contributed by atoms with E-state index in [0.717, 1.165) is 6.92 Å². The fourth-order valence-electron chi connectivity index (χ4n) is 3.00. The maximum Gasteiger partial charge on any atom is 0.242 e. The summed E-state index contributed by atoms with van der Waals surface area (Å²) in [6, 6.07) is 0. The lowest BCUT2D eigenvalue weighted by molar-refractivity contribution is -0.382. The van der Waals surface area contributed by atoms with Crippen molar-refractivity contribution in [3.05, 3.63) is 0 Å². The van der Waals surface area contributed by atoms with Gasteiger partial charge in [0.05, 0.1) is 19.3 Å². The number of aliphatic hydroxyl groups is 6. The fraction of sp³-hybridized carbons (Fsp3) is 0.929. The molecule has 1 unspecified atom stereocenters. The average Bonchev–Trinajstić information content (AvgIpc) is 2.57. The Kier molecular flexibility index (Phi) is 6.90. The lowest BCUT2D eigenvalue weighted by atomic mass is 9.92. The Morgan fingerprint density at radius 3 is 2.27 bits per heavy atom. The van der Waals surface area contributed by atoms with E-state index in [1.54, 1.807) is 0 Å². The van der Waals surface area contributed by atoms with Crippen molar-refractivity contribution in [3.63, 3.8) is 0 Å². The van der Waals surface area contributed by atoms with Gasteiger partial charge in [0.25, 0.3) is 0 Å². The highest BCUT2D eigenvalue weighted by atomic mass is 16.7. The van der Waals surface area contributed by atoms with Gasteiger partial charge in [-0.2, -0.15) is 5.11 Å². The highest BCUT2D eigenvalue weighted by Crippen LogP contribution is 2.33. The van der Waals surface area contributed by atoms with Gasteiger partial charge >= 0.3 is 0 Å². The van der Waals surface area contributed by atoms with E-state index in [9.17, 15) is 40.5 Å². The van der Waals surface area contributed by atoms with Gasteiger partial charge < -0.3 is 50.2 Å². The number of aliphatic hydroxyl groups excluding tert-OH is 5. The van der Waals surface area contributed by atoms with E-state index in [0.29, 0.717) is 0 Å². The van der Waals surface area contributed by atoms with Gasteiger partial charge in [0.2, 0.25) is 17.9 Å². The van der Waals surface area contributed by atoms with E-state index in [1.807, 2.05) is 5.32 Å². The van der Waals surface area contributed by atoms with Crippen LogP contribution < -0.4 is 5.32 Å². The van der Waals surface area contributed by atoms with Crippen LogP contribution in [0.2, 0.25) is 0 Å². The molecule has 0 saturated carbocycles. The quantitative estimate of drug-likeness (QED) is 0.228. The van der Waals surface area contributed by atoms with Crippen LogP contribution in [0.25, 0.3) is 0 Å². The summed E-state index contributed by atoms with van der Waals surface area (Å²) in [6.07, 6.45) is -12.8. The van der Waals surface area contributed by atoms with Crippen LogP contribution in [-0.4, -0.2) is 105 Å². The minimum Gasteiger partial charge on any atom is -0.394 e. The summed E-state index contributed by atoms with van der Waals surface area (Å²) in [6.45, 7) is -0.388. The Bertz CT molecular complexity index is 494. The molecule has 0 aromatic rings. The number of rotatable bonds is 5. The van der Waals surface area contributed by atoms with Gasteiger partial charge in [0.1, 0.15) is 30.5 Å². The minimum atomic E-state index is -2.70. The number of amides is 1. The lowest BCUT2D eigenvalue weighted by Crippen LogP contribution is -2.74. The Hall–Kier alpha value is -0.930. The molecule has 12 heteroatoms. The molecule has 0 aromatic carbocycles. The molecule has 2 heterocycles. The van der Waals surface area contributed by atoms with Crippen LogP contribution in [0.1, 0.15) is 13.3 Å². The number of hydrogen-bond acceptors (Lipinski definition) is 10. The first kappa shape index (κ1) is 21.4. The van der Waals surface area contributed by atoms with Crippen LogP contribution in [0.4, 0.5) is 0 Å². The van der Waals surface area contributed by atoms with Crippen LogP contribution in [0.5, 0.6) is 0 Å². The van der Waals surface area contributed by atoms with E-state index in [-0.39, 0.29) is 6.42 Å². The van der Waals surface area contributed by atoms with Crippen LogP contribution in [-0.2, 0) is 24.1 Å². The van der Waals surface area contributed by atoms with Crippen molar-refractivity contribution in [1.29, 1.82) is 0 Å². The zero-order valence-corrected chi connectivity index (χ0v) is 14.0. The van der Waals surface area contributed by atoms with Gasteiger partial charge in [-0.1, -0.05) is 0 Å². The van der Waals surface area contributed by atoms with Crippen LogP contribution >= 0.6 is 0 Å². The van der Waals surface area contributed by atoms with E-state index in [2.05, 4.69) is 0 Å². The molecule has 2 aliphatic rings. The van der Waals surface area contributed by atoms with Gasteiger partial charge in [0.15, 0.2) is 6.29 Å². The second kappa shape index (κ2) is 8.39. The van der Waals surface area contributed by atoms with E-state index < -0.39 is 74.0 Å². The molecule has 2 fully saturated rings. The zero-order chi connectivity index (χ0) is 19.6. The number of hydrogen-bond donors (Lipinski definition) is 7. The molecule has 9 atom stereocenters. The molecule has 1 amide bonds. The highest BCUT2D eigenvalue weighted by Gasteiger charge is 2.58. The predicted molar refractivity (Wildman–Crippen MR) is 78.5 cm³/mol. The van der Waals surface area contributed by atoms with Crippen LogP contribution in [0.15, 0.2) is 0 Å². The summed E-state index contributed by atoms with van der Waals surface area (Å²) in [7, 11) is 0. The van der Waals surface area contributed by atoms with Gasteiger partial charge in [-0.05, 0) is 0 Å². The maximum absolute atomic E-state index is 12.2. The zero-order valence-electron chi connectivity index (χ0n) is 14.0. The molecule has 0 aliphatic carbocycles. The SMILES string of the molecule is CC(=O)N[C@]1(O)C([O])O[C@H](CO)[C@@H](O)[C@@H]1O[C@H]1C[C@@H](O)[C@@H](O)[C@@H](CO)O1. The molecule has 2 rings (SSSR count). The van der Waals surface area contributed by atoms with Crippen molar-refractivity contribution in [3.8, 4) is 0 Å². The van der Waals surface area contributed by atoms with E-state index in [1.165, 1.54) is 0 Å². The number of carbonyl (C=O) groups excluding carboxylic acids is 1. The van der Waals surface area contributed by atoms with E-state index in [4.69, 9.17) is 14.2 Å². The molecule has 0 aromatic heterocycles. The van der Waals surface area contributed by atoms with E-state index >= 15 is 0 Å². The van der Waals surface area contributed by atoms with Crippen molar-refractivity contribution in [1.82, 2.24) is 5.32 Å². The molecule has 26 heavy (non-hydrogen) atoms. The summed E-state index contributed by atoms with van der Waals surface area (Å²) in [5.74, 6) is -0.812. The van der Waals surface area contributed by atoms with Crippen molar-refractivity contribution < 1.29 is 54.8 Å². The molecule has 0 spiro atoms. The van der Waals surface area contributed by atoms with Crippen molar-refractivity contribution in [2.24, 2.45) is 0 Å². The third kappa shape index (κ3) is 4.14. The normalized spacial score (nSPS) is 46.8. The Morgan fingerprint density at radius 1 is 1.15 bits per heavy atom. The third-order valence-corrected chi connectivity index (χ3v) is 4.35. The topological polar surface area (TPSA) is 198 Å². The second-order valence-electron chi connectivity index (χ2n) is 6.32. The average molecular weight is 382 g/mol. The summed E-state index contributed by atoms with van der Waals surface area (Å²) >= 11 is 0. The number of carbonyl (C=O) groups is 1. The van der Waals surface area contributed by atoms with Crippen molar-refractivity contribution in [2.45, 2.75) is 68.3 Å². The summed E-state index contributed by atoms with van der Waals surface area (Å²) in [5.41, 5.74) is -2.70. The molecular weight excluding hydrogens is 358 g/mol. The maximum atomic E-state index is 12.2. The number of ether oxygens (including phenoxy) is 3. The summed E-state index contributed by atoms with van der Waals surface area (Å²) in [4.78, 5) is 11.4. The molecule has 7 N–H and O–H groups in total. The number of nitrogens with one attached hydrogen (secondary N) is 1. The smallest absolute Gasteiger partial charge is 0.242 e. The summed E-state index contributed by atoms with van der Waals surface area (Å²) in [5, 5.41) is 73.0. The van der Waals surface area contributed by atoms with Crippen LogP contribution in [0.3, 0.4) is 0 Å². The molecule has 12 nitrogen and oxygen atoms in total. The van der Waals surface area contributed by atoms with Gasteiger partial charge in [-0.15, -0.1) is 0 Å². The lowest BCUT2D eigenvalue weighted by Gasteiger charge is -2.48. The Balaban J connectivity index is 2.24. The standard InChI is InChI=1S/C14H24NO11/c1-5(18)15-14(23)12(11(21)8(4-17)25-13(14)22)26-9-2-6(19)10(20)7(3-16)24-9/h6-13,16-17,19-21,23H,2-4H2,1H3,(H,15,18)/t6-,7-,8-,9+,10-,11-,12+,13?,14-/m1/s1. The van der Waals surface area contributed by atoms with Gasteiger partial charge in [0, 0.05) is 13.3 Å². The molecule has 2 saturated heterocycles.